The highest BCUT2D eigenvalue weighted by Crippen LogP contribution is 2.23. The fraction of sp³-hybridized carbons (Fsp3) is 0.200. The number of hydrogen-bond donors (Lipinski definition) is 0. The number of hydrogen-bond acceptors (Lipinski definition) is 4. The molecule has 0 bridgehead atoms. The van der Waals surface area contributed by atoms with Gasteiger partial charge in [0.1, 0.15) is 6.61 Å². The molecule has 0 N–H and O–H groups in total. The lowest BCUT2D eigenvalue weighted by molar-refractivity contribution is 0.132. The van der Waals surface area contributed by atoms with Crippen molar-refractivity contribution in [1.82, 2.24) is 9.38 Å². The Balaban J connectivity index is 1.70. The van der Waals surface area contributed by atoms with Gasteiger partial charge in [-0.15, -0.1) is 11.3 Å². The van der Waals surface area contributed by atoms with Gasteiger partial charge in [-0.1, -0.05) is 41.3 Å². The summed E-state index contributed by atoms with van der Waals surface area (Å²) in [4.78, 5) is 10.9. The SMILES string of the molecule is CCc1nc2sccn2c1/C=N/OCc1ccc(Cl)c(Cl)c1. The van der Waals surface area contributed by atoms with E-state index in [1.165, 1.54) is 0 Å². The number of imidazole rings is 1. The first kappa shape index (κ1) is 15.3. The lowest BCUT2D eigenvalue weighted by atomic mass is 10.2. The zero-order valence-electron chi connectivity index (χ0n) is 11.8. The molecule has 0 amide bonds. The summed E-state index contributed by atoms with van der Waals surface area (Å²) < 4.78 is 2.01. The van der Waals surface area contributed by atoms with E-state index in [0.29, 0.717) is 16.7 Å². The number of fused-ring (bicyclic) bond motifs is 1. The van der Waals surface area contributed by atoms with E-state index in [-0.39, 0.29) is 0 Å². The number of thiazole rings is 1. The van der Waals surface area contributed by atoms with Gasteiger partial charge in [0.2, 0.25) is 0 Å². The maximum Gasteiger partial charge on any atom is 0.194 e. The van der Waals surface area contributed by atoms with E-state index in [9.17, 15) is 0 Å². The fourth-order valence-corrected chi connectivity index (χ4v) is 3.13. The summed E-state index contributed by atoms with van der Waals surface area (Å²) in [5, 5.41) is 7.08. The normalized spacial score (nSPS) is 11.6. The summed E-state index contributed by atoms with van der Waals surface area (Å²) in [6.45, 7) is 2.40. The van der Waals surface area contributed by atoms with Crippen molar-refractivity contribution in [3.05, 3.63) is 56.8 Å². The zero-order valence-corrected chi connectivity index (χ0v) is 14.1. The Hall–Kier alpha value is -1.56. The molecule has 0 aliphatic carbocycles. The molecule has 0 fully saturated rings. The van der Waals surface area contributed by atoms with Gasteiger partial charge in [0, 0.05) is 11.6 Å². The van der Waals surface area contributed by atoms with Crippen LogP contribution >= 0.6 is 34.5 Å². The second-order valence-corrected chi connectivity index (χ2v) is 6.30. The van der Waals surface area contributed by atoms with Crippen LogP contribution in [0.1, 0.15) is 23.9 Å². The molecule has 3 aromatic rings. The summed E-state index contributed by atoms with van der Waals surface area (Å²) in [6, 6.07) is 5.37. The highest BCUT2D eigenvalue weighted by atomic mass is 35.5. The van der Waals surface area contributed by atoms with Crippen LogP contribution < -0.4 is 0 Å². The number of halogens is 2. The van der Waals surface area contributed by atoms with Gasteiger partial charge in [0.25, 0.3) is 0 Å². The Kier molecular flexibility index (Phi) is 4.66. The molecule has 1 aromatic carbocycles. The average Bonchev–Trinajstić information content (AvgIpc) is 3.08. The Bertz CT molecular complexity index is 825. The maximum absolute atomic E-state index is 5.96. The molecule has 2 aromatic heterocycles. The topological polar surface area (TPSA) is 38.9 Å². The van der Waals surface area contributed by atoms with Crippen LogP contribution in [0.5, 0.6) is 0 Å². The average molecular weight is 354 g/mol. The minimum Gasteiger partial charge on any atom is -0.391 e. The molecule has 22 heavy (non-hydrogen) atoms. The van der Waals surface area contributed by atoms with E-state index < -0.39 is 0 Å². The van der Waals surface area contributed by atoms with Crippen LogP contribution in [0, 0.1) is 0 Å². The van der Waals surface area contributed by atoms with Gasteiger partial charge in [0.05, 0.1) is 27.6 Å². The van der Waals surface area contributed by atoms with Crippen molar-refractivity contribution in [3.63, 3.8) is 0 Å². The minimum atomic E-state index is 0.334. The molecule has 114 valence electrons. The molecule has 0 spiro atoms. The predicted octanol–water partition coefficient (Wildman–Crippen LogP) is 4.82. The third kappa shape index (κ3) is 3.11. The molecule has 0 atom stereocenters. The highest BCUT2D eigenvalue weighted by molar-refractivity contribution is 7.15. The van der Waals surface area contributed by atoms with Crippen molar-refractivity contribution in [1.29, 1.82) is 0 Å². The molecule has 0 aliphatic rings. The molecule has 2 heterocycles. The lowest BCUT2D eigenvalue weighted by Crippen LogP contribution is -1.95. The van der Waals surface area contributed by atoms with Crippen molar-refractivity contribution < 1.29 is 4.84 Å². The molecule has 4 nitrogen and oxygen atoms in total. The molecule has 0 saturated carbocycles. The molecule has 0 radical (unpaired) electrons. The van der Waals surface area contributed by atoms with Crippen molar-refractivity contribution in [2.75, 3.05) is 0 Å². The van der Waals surface area contributed by atoms with Crippen molar-refractivity contribution in [3.8, 4) is 0 Å². The number of oxime groups is 1. The van der Waals surface area contributed by atoms with Crippen LogP contribution in [0.15, 0.2) is 34.9 Å². The second kappa shape index (κ2) is 6.69. The Morgan fingerprint density at radius 3 is 3.00 bits per heavy atom. The van der Waals surface area contributed by atoms with Crippen molar-refractivity contribution in [2.45, 2.75) is 20.0 Å². The summed E-state index contributed by atoms with van der Waals surface area (Å²) in [5.41, 5.74) is 2.87. The summed E-state index contributed by atoms with van der Waals surface area (Å²) in [7, 11) is 0. The largest absolute Gasteiger partial charge is 0.391 e. The van der Waals surface area contributed by atoms with Crippen LogP contribution in [-0.2, 0) is 17.9 Å². The van der Waals surface area contributed by atoms with E-state index in [0.717, 1.165) is 28.3 Å². The third-order valence-electron chi connectivity index (χ3n) is 3.17. The predicted molar refractivity (Wildman–Crippen MR) is 91.3 cm³/mol. The van der Waals surface area contributed by atoms with Crippen LogP contribution in [0.4, 0.5) is 0 Å². The monoisotopic (exact) mass is 353 g/mol. The number of nitrogens with zero attached hydrogens (tertiary/aromatic N) is 3. The van der Waals surface area contributed by atoms with Crippen molar-refractivity contribution in [2.24, 2.45) is 5.16 Å². The number of benzene rings is 1. The van der Waals surface area contributed by atoms with Crippen LogP contribution in [-0.4, -0.2) is 15.6 Å². The molecule has 3 rings (SSSR count). The fourth-order valence-electron chi connectivity index (χ4n) is 2.07. The molecule has 0 aliphatic heterocycles. The van der Waals surface area contributed by atoms with E-state index >= 15 is 0 Å². The van der Waals surface area contributed by atoms with Crippen molar-refractivity contribution >= 4 is 45.7 Å². The molecular formula is C15H13Cl2N3OS. The lowest BCUT2D eigenvalue weighted by Gasteiger charge is -2.02. The van der Waals surface area contributed by atoms with Gasteiger partial charge >= 0.3 is 0 Å². The van der Waals surface area contributed by atoms with E-state index in [4.69, 9.17) is 28.0 Å². The van der Waals surface area contributed by atoms with Gasteiger partial charge in [-0.25, -0.2) is 4.98 Å². The van der Waals surface area contributed by atoms with E-state index in [1.807, 2.05) is 22.0 Å². The molecule has 0 saturated heterocycles. The summed E-state index contributed by atoms with van der Waals surface area (Å²) in [6.07, 6.45) is 4.53. The second-order valence-electron chi connectivity index (χ2n) is 4.61. The van der Waals surface area contributed by atoms with Gasteiger partial charge < -0.3 is 4.84 Å². The number of aromatic nitrogens is 2. The standard InChI is InChI=1S/C15H13Cl2N3OS/c1-2-13-14(20-5-6-22-15(20)19-13)8-18-21-9-10-3-4-11(16)12(17)7-10/h3-8H,2,9H2,1H3/b18-8+. The van der Waals surface area contributed by atoms with Gasteiger partial charge in [-0.3, -0.25) is 4.40 Å². The first-order valence-corrected chi connectivity index (χ1v) is 8.36. The first-order valence-electron chi connectivity index (χ1n) is 6.72. The Labute approximate surface area is 141 Å². The van der Waals surface area contributed by atoms with Crippen LogP contribution in [0.25, 0.3) is 4.96 Å². The number of aryl methyl sites for hydroxylation is 1. The summed E-state index contributed by atoms with van der Waals surface area (Å²) >= 11 is 13.4. The van der Waals surface area contributed by atoms with Gasteiger partial charge in [-0.2, -0.15) is 0 Å². The zero-order chi connectivity index (χ0) is 15.5. The Morgan fingerprint density at radius 2 is 2.23 bits per heavy atom. The van der Waals surface area contributed by atoms with E-state index in [1.54, 1.807) is 29.7 Å². The van der Waals surface area contributed by atoms with Gasteiger partial charge in [-0.05, 0) is 24.1 Å². The molecular weight excluding hydrogens is 341 g/mol. The van der Waals surface area contributed by atoms with E-state index in [2.05, 4.69) is 17.1 Å². The first-order chi connectivity index (χ1) is 10.7. The Morgan fingerprint density at radius 1 is 1.36 bits per heavy atom. The summed E-state index contributed by atoms with van der Waals surface area (Å²) in [5.74, 6) is 0. The van der Waals surface area contributed by atoms with Crippen LogP contribution in [0.2, 0.25) is 10.0 Å². The molecule has 7 heteroatoms. The molecule has 0 unspecified atom stereocenters. The van der Waals surface area contributed by atoms with Crippen LogP contribution in [0.3, 0.4) is 0 Å². The smallest absolute Gasteiger partial charge is 0.194 e. The quantitative estimate of drug-likeness (QED) is 0.487. The maximum atomic E-state index is 5.96. The van der Waals surface area contributed by atoms with Gasteiger partial charge in [0.15, 0.2) is 4.96 Å². The highest BCUT2D eigenvalue weighted by Gasteiger charge is 2.09. The number of rotatable bonds is 5. The third-order valence-corrected chi connectivity index (χ3v) is 4.67. The minimum absolute atomic E-state index is 0.334.